The highest BCUT2D eigenvalue weighted by atomic mass is 16.4. The van der Waals surface area contributed by atoms with Gasteiger partial charge in [0.25, 0.3) is 0 Å². The molecule has 4 bridgehead atoms. The summed E-state index contributed by atoms with van der Waals surface area (Å²) in [6.07, 6.45) is 3.80. The monoisotopic (exact) mass is 196 g/mol. The summed E-state index contributed by atoms with van der Waals surface area (Å²) in [6, 6.07) is 0. The number of hydrogen-bond acceptors (Lipinski definition) is 2. The van der Waals surface area contributed by atoms with Crippen LogP contribution < -0.4 is 0 Å². The lowest BCUT2D eigenvalue weighted by molar-refractivity contribution is -0.171. The standard InChI is InChI=1S/C11H16O3/c12-10-7-2-5-1-6(4-7)9(11(13)14)8(10)3-5/h5-10,12H,1-4H2,(H,13,14)/t5-,6+,7+,8+,9+,10-/m0/s1. The molecule has 4 fully saturated rings. The van der Waals surface area contributed by atoms with Gasteiger partial charge in [0.05, 0.1) is 12.0 Å². The summed E-state index contributed by atoms with van der Waals surface area (Å²) in [5.41, 5.74) is 0. The lowest BCUT2D eigenvalue weighted by atomic mass is 9.50. The van der Waals surface area contributed by atoms with E-state index in [1.54, 1.807) is 0 Å². The first-order chi connectivity index (χ1) is 6.66. The summed E-state index contributed by atoms with van der Waals surface area (Å²) in [5.74, 6) is 0.605. The zero-order chi connectivity index (χ0) is 9.87. The van der Waals surface area contributed by atoms with Crippen LogP contribution in [0.2, 0.25) is 0 Å². The molecule has 6 atom stereocenters. The molecular formula is C11H16O3. The van der Waals surface area contributed by atoms with Crippen LogP contribution in [-0.4, -0.2) is 22.3 Å². The highest BCUT2D eigenvalue weighted by molar-refractivity contribution is 5.71. The lowest BCUT2D eigenvalue weighted by Crippen LogP contribution is -2.55. The Kier molecular flexibility index (Phi) is 1.69. The highest BCUT2D eigenvalue weighted by Gasteiger charge is 2.55. The molecule has 0 aromatic heterocycles. The molecule has 0 aromatic rings. The van der Waals surface area contributed by atoms with Crippen molar-refractivity contribution in [3.05, 3.63) is 0 Å². The Morgan fingerprint density at radius 1 is 1.07 bits per heavy atom. The van der Waals surface area contributed by atoms with Crippen LogP contribution in [0.1, 0.15) is 25.7 Å². The first-order valence-electron chi connectivity index (χ1n) is 5.57. The summed E-state index contributed by atoms with van der Waals surface area (Å²) < 4.78 is 0. The van der Waals surface area contributed by atoms with Crippen molar-refractivity contribution in [1.29, 1.82) is 0 Å². The van der Waals surface area contributed by atoms with E-state index >= 15 is 0 Å². The van der Waals surface area contributed by atoms with Crippen LogP contribution in [0.3, 0.4) is 0 Å². The van der Waals surface area contributed by atoms with Crippen molar-refractivity contribution < 1.29 is 15.0 Å². The predicted molar refractivity (Wildman–Crippen MR) is 49.6 cm³/mol. The van der Waals surface area contributed by atoms with Gasteiger partial charge in [-0.1, -0.05) is 0 Å². The fraction of sp³-hybridized carbons (Fsp3) is 0.909. The fourth-order valence-electron chi connectivity index (χ4n) is 4.27. The Hall–Kier alpha value is -0.570. The molecule has 4 aliphatic rings. The molecule has 3 heteroatoms. The third-order valence-electron chi connectivity index (χ3n) is 4.66. The van der Waals surface area contributed by atoms with Crippen LogP contribution in [0.25, 0.3) is 0 Å². The van der Waals surface area contributed by atoms with E-state index in [0.29, 0.717) is 17.8 Å². The van der Waals surface area contributed by atoms with Gasteiger partial charge in [0.2, 0.25) is 0 Å². The van der Waals surface area contributed by atoms with Gasteiger partial charge in [-0.3, -0.25) is 4.79 Å². The maximum absolute atomic E-state index is 11.1. The van der Waals surface area contributed by atoms with E-state index in [0.717, 1.165) is 25.7 Å². The fourth-order valence-corrected chi connectivity index (χ4v) is 4.27. The van der Waals surface area contributed by atoms with Gasteiger partial charge in [0, 0.05) is 0 Å². The number of aliphatic hydroxyl groups is 1. The van der Waals surface area contributed by atoms with E-state index in [1.165, 1.54) is 0 Å². The quantitative estimate of drug-likeness (QED) is 0.660. The number of hydrogen-bond donors (Lipinski definition) is 2. The molecule has 0 aliphatic heterocycles. The minimum absolute atomic E-state index is 0.0590. The number of carbonyl (C=O) groups is 1. The molecule has 0 saturated heterocycles. The molecule has 0 aromatic carbocycles. The smallest absolute Gasteiger partial charge is 0.307 e. The van der Waals surface area contributed by atoms with Gasteiger partial charge in [-0.2, -0.15) is 0 Å². The third kappa shape index (κ3) is 0.991. The minimum atomic E-state index is -0.683. The Labute approximate surface area is 83.1 Å². The Balaban J connectivity index is 1.93. The molecule has 14 heavy (non-hydrogen) atoms. The minimum Gasteiger partial charge on any atom is -0.481 e. The SMILES string of the molecule is O=C(O)[C@@H]1[C@@H]2C[C@H]3C[C@H](C2)[C@H](O)[C@@H]1C3. The van der Waals surface area contributed by atoms with Crippen molar-refractivity contribution in [2.75, 3.05) is 0 Å². The van der Waals surface area contributed by atoms with Gasteiger partial charge in [-0.05, 0) is 49.4 Å². The van der Waals surface area contributed by atoms with E-state index in [-0.39, 0.29) is 17.9 Å². The molecule has 0 spiro atoms. The van der Waals surface area contributed by atoms with Crippen LogP contribution in [0, 0.1) is 29.6 Å². The molecule has 78 valence electrons. The number of carboxylic acid groups (broad SMARTS) is 1. The Bertz CT molecular complexity index is 276. The molecular weight excluding hydrogens is 180 g/mol. The van der Waals surface area contributed by atoms with Gasteiger partial charge in [-0.15, -0.1) is 0 Å². The second kappa shape index (κ2) is 2.72. The lowest BCUT2D eigenvalue weighted by Gasteiger charge is -2.55. The topological polar surface area (TPSA) is 57.5 Å². The number of rotatable bonds is 1. The van der Waals surface area contributed by atoms with Crippen LogP contribution in [0.4, 0.5) is 0 Å². The summed E-state index contributed by atoms with van der Waals surface area (Å²) in [6.45, 7) is 0. The molecule has 0 amide bonds. The van der Waals surface area contributed by atoms with Gasteiger partial charge >= 0.3 is 5.97 Å². The highest BCUT2D eigenvalue weighted by Crippen LogP contribution is 2.56. The van der Waals surface area contributed by atoms with Crippen LogP contribution >= 0.6 is 0 Å². The maximum Gasteiger partial charge on any atom is 0.307 e. The van der Waals surface area contributed by atoms with Crippen molar-refractivity contribution >= 4 is 5.97 Å². The summed E-state index contributed by atoms with van der Waals surface area (Å²) in [7, 11) is 0. The van der Waals surface area contributed by atoms with E-state index in [4.69, 9.17) is 5.11 Å². The van der Waals surface area contributed by atoms with E-state index in [2.05, 4.69) is 0 Å². The largest absolute Gasteiger partial charge is 0.481 e. The molecule has 4 aliphatic carbocycles. The third-order valence-corrected chi connectivity index (χ3v) is 4.66. The second-order valence-electron chi connectivity index (χ2n) is 5.35. The summed E-state index contributed by atoms with van der Waals surface area (Å²) in [5, 5.41) is 19.1. The van der Waals surface area contributed by atoms with E-state index in [9.17, 15) is 9.90 Å². The Morgan fingerprint density at radius 2 is 1.79 bits per heavy atom. The van der Waals surface area contributed by atoms with Crippen molar-refractivity contribution in [2.24, 2.45) is 29.6 Å². The van der Waals surface area contributed by atoms with Gasteiger partial charge < -0.3 is 10.2 Å². The maximum atomic E-state index is 11.1. The van der Waals surface area contributed by atoms with Gasteiger partial charge in [-0.25, -0.2) is 0 Å². The molecule has 0 radical (unpaired) electrons. The Morgan fingerprint density at radius 3 is 2.50 bits per heavy atom. The van der Waals surface area contributed by atoms with Gasteiger partial charge in [0.1, 0.15) is 0 Å². The number of carboxylic acids is 1. The van der Waals surface area contributed by atoms with Gasteiger partial charge in [0.15, 0.2) is 0 Å². The number of aliphatic carboxylic acids is 1. The average molecular weight is 196 g/mol. The zero-order valence-electron chi connectivity index (χ0n) is 8.10. The predicted octanol–water partition coefficient (Wildman–Crippen LogP) is 1.11. The first kappa shape index (κ1) is 8.72. The number of aliphatic hydroxyl groups excluding tert-OH is 1. The van der Waals surface area contributed by atoms with E-state index < -0.39 is 5.97 Å². The van der Waals surface area contributed by atoms with Crippen LogP contribution in [-0.2, 0) is 4.79 Å². The normalized spacial score (nSPS) is 54.9. The molecule has 0 unspecified atom stereocenters. The first-order valence-corrected chi connectivity index (χ1v) is 5.57. The molecule has 2 N–H and O–H groups in total. The summed E-state index contributed by atoms with van der Waals surface area (Å²) >= 11 is 0. The molecule has 4 rings (SSSR count). The zero-order valence-corrected chi connectivity index (χ0v) is 8.10. The second-order valence-corrected chi connectivity index (χ2v) is 5.35. The average Bonchev–Trinajstić information content (AvgIpc) is 2.12. The van der Waals surface area contributed by atoms with Crippen molar-refractivity contribution in [2.45, 2.75) is 31.8 Å². The van der Waals surface area contributed by atoms with Crippen LogP contribution in [0.15, 0.2) is 0 Å². The van der Waals surface area contributed by atoms with Crippen molar-refractivity contribution in [1.82, 2.24) is 0 Å². The van der Waals surface area contributed by atoms with Crippen molar-refractivity contribution in [3.8, 4) is 0 Å². The molecule has 0 heterocycles. The summed E-state index contributed by atoms with van der Waals surface area (Å²) in [4.78, 5) is 11.1. The molecule has 3 nitrogen and oxygen atoms in total. The van der Waals surface area contributed by atoms with Crippen molar-refractivity contribution in [3.63, 3.8) is 0 Å². The van der Waals surface area contributed by atoms with E-state index in [1.807, 2.05) is 0 Å². The molecule has 4 saturated carbocycles. The van der Waals surface area contributed by atoms with Crippen LogP contribution in [0.5, 0.6) is 0 Å².